The average Bonchev–Trinajstić information content (AvgIpc) is 3.02. The molecule has 1 amide bonds. The number of aromatic nitrogens is 3. The Morgan fingerprint density at radius 3 is 2.94 bits per heavy atom. The predicted molar refractivity (Wildman–Crippen MR) is 63.2 cm³/mol. The molecule has 0 saturated heterocycles. The second-order valence-corrected chi connectivity index (χ2v) is 4.57. The first-order valence-corrected chi connectivity index (χ1v) is 6.00. The molecule has 6 nitrogen and oxygen atoms in total. The summed E-state index contributed by atoms with van der Waals surface area (Å²) < 4.78 is 0. The van der Waals surface area contributed by atoms with Crippen molar-refractivity contribution in [1.82, 2.24) is 25.4 Å². The van der Waals surface area contributed by atoms with Crippen LogP contribution in [0.2, 0.25) is 0 Å². The van der Waals surface area contributed by atoms with Gasteiger partial charge in [-0.1, -0.05) is 0 Å². The molecule has 0 unspecified atom stereocenters. The van der Waals surface area contributed by atoms with Gasteiger partial charge in [-0.05, 0) is 19.8 Å². The largest absolute Gasteiger partial charge is 0.338 e. The van der Waals surface area contributed by atoms with Crippen LogP contribution in [0.15, 0.2) is 0 Å². The molecule has 0 aromatic carbocycles. The maximum Gasteiger partial charge on any atom is 0.223 e. The molecule has 6 heteroatoms. The van der Waals surface area contributed by atoms with Crippen molar-refractivity contribution >= 4 is 5.91 Å². The average molecular weight is 237 g/mol. The number of carbonyl (C=O) groups is 1. The minimum Gasteiger partial charge on any atom is -0.338 e. The van der Waals surface area contributed by atoms with Gasteiger partial charge in [0.2, 0.25) is 5.91 Å². The highest BCUT2D eigenvalue weighted by Gasteiger charge is 2.20. The molecular weight excluding hydrogens is 218 g/mol. The highest BCUT2D eigenvalue weighted by molar-refractivity contribution is 5.75. The number of aromatic amines is 1. The van der Waals surface area contributed by atoms with Crippen molar-refractivity contribution in [2.45, 2.75) is 38.8 Å². The lowest BCUT2D eigenvalue weighted by Crippen LogP contribution is -2.30. The van der Waals surface area contributed by atoms with Crippen LogP contribution in [0.1, 0.15) is 30.9 Å². The summed E-state index contributed by atoms with van der Waals surface area (Å²) in [5.41, 5.74) is 0. The van der Waals surface area contributed by atoms with Crippen LogP contribution in [0.5, 0.6) is 0 Å². The van der Waals surface area contributed by atoms with Gasteiger partial charge in [0.25, 0.3) is 0 Å². The molecule has 1 heterocycles. The predicted octanol–water partition coefficient (Wildman–Crippen LogP) is 0.214. The summed E-state index contributed by atoms with van der Waals surface area (Å²) >= 11 is 0. The molecule has 0 spiro atoms. The summed E-state index contributed by atoms with van der Waals surface area (Å²) in [6.45, 7) is 3.07. The molecule has 2 rings (SSSR count). The molecule has 1 aliphatic rings. The molecule has 1 fully saturated rings. The van der Waals surface area contributed by atoms with Crippen molar-refractivity contribution in [1.29, 1.82) is 0 Å². The summed E-state index contributed by atoms with van der Waals surface area (Å²) in [6, 6.07) is 0.656. The van der Waals surface area contributed by atoms with Crippen LogP contribution in [0, 0.1) is 6.92 Å². The van der Waals surface area contributed by atoms with E-state index >= 15 is 0 Å². The van der Waals surface area contributed by atoms with Gasteiger partial charge in [0, 0.05) is 26.1 Å². The second-order valence-electron chi connectivity index (χ2n) is 4.57. The lowest BCUT2D eigenvalue weighted by molar-refractivity contribution is -0.130. The van der Waals surface area contributed by atoms with Crippen LogP contribution in [-0.2, 0) is 11.3 Å². The molecule has 17 heavy (non-hydrogen) atoms. The van der Waals surface area contributed by atoms with E-state index < -0.39 is 0 Å². The third-order valence-corrected chi connectivity index (χ3v) is 2.80. The number of carbonyl (C=O) groups excluding carboxylic acids is 1. The fourth-order valence-electron chi connectivity index (χ4n) is 1.62. The molecule has 2 N–H and O–H groups in total. The minimum absolute atomic E-state index is 0.126. The zero-order valence-corrected chi connectivity index (χ0v) is 10.4. The van der Waals surface area contributed by atoms with Gasteiger partial charge in [0.15, 0.2) is 5.82 Å². The molecule has 1 saturated carbocycles. The summed E-state index contributed by atoms with van der Waals surface area (Å²) in [5, 5.41) is 10.1. The number of rotatable bonds is 6. The van der Waals surface area contributed by atoms with Crippen molar-refractivity contribution in [2.75, 3.05) is 13.6 Å². The third-order valence-electron chi connectivity index (χ3n) is 2.80. The molecular formula is C11H19N5O. The van der Waals surface area contributed by atoms with E-state index in [9.17, 15) is 4.79 Å². The first kappa shape index (κ1) is 12.0. The van der Waals surface area contributed by atoms with Gasteiger partial charge in [-0.15, -0.1) is 0 Å². The molecule has 0 radical (unpaired) electrons. The summed E-state index contributed by atoms with van der Waals surface area (Å²) in [5.74, 6) is 1.56. The monoisotopic (exact) mass is 237 g/mol. The summed E-state index contributed by atoms with van der Waals surface area (Å²) in [4.78, 5) is 17.6. The number of amides is 1. The van der Waals surface area contributed by atoms with E-state index in [0.29, 0.717) is 24.8 Å². The number of hydrogen-bond acceptors (Lipinski definition) is 4. The number of nitrogens with zero attached hydrogens (tertiary/aromatic N) is 3. The van der Waals surface area contributed by atoms with Gasteiger partial charge in [-0.2, -0.15) is 5.10 Å². The zero-order valence-electron chi connectivity index (χ0n) is 10.4. The van der Waals surface area contributed by atoms with Gasteiger partial charge < -0.3 is 10.2 Å². The SMILES string of the molecule is Cc1nc(CN(C)C(=O)CCNC2CC2)n[nH]1. The third kappa shape index (κ3) is 3.81. The molecule has 1 aromatic rings. The van der Waals surface area contributed by atoms with Crippen molar-refractivity contribution in [2.24, 2.45) is 0 Å². The van der Waals surface area contributed by atoms with Gasteiger partial charge in [-0.25, -0.2) is 4.98 Å². The van der Waals surface area contributed by atoms with E-state index in [1.54, 1.807) is 11.9 Å². The number of aryl methyl sites for hydroxylation is 1. The normalized spacial score (nSPS) is 14.9. The van der Waals surface area contributed by atoms with Crippen molar-refractivity contribution in [3.05, 3.63) is 11.6 Å². The lowest BCUT2D eigenvalue weighted by atomic mass is 10.3. The maximum absolute atomic E-state index is 11.8. The first-order chi connectivity index (χ1) is 8.15. The highest BCUT2D eigenvalue weighted by atomic mass is 16.2. The summed E-state index contributed by atoms with van der Waals surface area (Å²) in [6.07, 6.45) is 3.04. The van der Waals surface area contributed by atoms with Crippen LogP contribution in [0.25, 0.3) is 0 Å². The van der Waals surface area contributed by atoms with Crippen molar-refractivity contribution in [3.63, 3.8) is 0 Å². The topological polar surface area (TPSA) is 73.9 Å². The van der Waals surface area contributed by atoms with Crippen LogP contribution >= 0.6 is 0 Å². The Morgan fingerprint density at radius 1 is 1.59 bits per heavy atom. The van der Waals surface area contributed by atoms with Gasteiger partial charge in [0.1, 0.15) is 5.82 Å². The fraction of sp³-hybridized carbons (Fsp3) is 0.727. The fourth-order valence-corrected chi connectivity index (χ4v) is 1.62. The zero-order chi connectivity index (χ0) is 12.3. The number of hydrogen-bond donors (Lipinski definition) is 2. The highest BCUT2D eigenvalue weighted by Crippen LogP contribution is 2.18. The van der Waals surface area contributed by atoms with Crippen LogP contribution in [-0.4, -0.2) is 45.6 Å². The Labute approximate surface area is 101 Å². The Bertz CT molecular complexity index is 385. The standard InChI is InChI=1S/C11H19N5O/c1-8-13-10(15-14-8)7-16(2)11(17)5-6-12-9-3-4-9/h9,12H,3-7H2,1-2H3,(H,13,14,15). The Hall–Kier alpha value is -1.43. The Morgan fingerprint density at radius 2 is 2.35 bits per heavy atom. The summed E-state index contributed by atoms with van der Waals surface area (Å²) in [7, 11) is 1.78. The Balaban J connectivity index is 1.70. The van der Waals surface area contributed by atoms with Crippen molar-refractivity contribution < 1.29 is 4.79 Å². The van der Waals surface area contributed by atoms with Gasteiger partial charge in [-0.3, -0.25) is 9.89 Å². The van der Waals surface area contributed by atoms with Crippen LogP contribution in [0.3, 0.4) is 0 Å². The molecule has 1 aliphatic carbocycles. The molecule has 0 aliphatic heterocycles. The van der Waals surface area contributed by atoms with Gasteiger partial charge >= 0.3 is 0 Å². The minimum atomic E-state index is 0.126. The van der Waals surface area contributed by atoms with Gasteiger partial charge in [0.05, 0.1) is 6.54 Å². The van der Waals surface area contributed by atoms with E-state index in [0.717, 1.165) is 12.4 Å². The van der Waals surface area contributed by atoms with Crippen molar-refractivity contribution in [3.8, 4) is 0 Å². The maximum atomic E-state index is 11.8. The molecule has 94 valence electrons. The van der Waals surface area contributed by atoms with E-state index in [1.165, 1.54) is 12.8 Å². The molecule has 0 bridgehead atoms. The smallest absolute Gasteiger partial charge is 0.223 e. The van der Waals surface area contributed by atoms with E-state index in [-0.39, 0.29) is 5.91 Å². The lowest BCUT2D eigenvalue weighted by Gasteiger charge is -2.15. The molecule has 1 aromatic heterocycles. The second kappa shape index (κ2) is 5.27. The van der Waals surface area contributed by atoms with E-state index in [1.807, 2.05) is 6.92 Å². The Kier molecular flexibility index (Phi) is 3.73. The first-order valence-electron chi connectivity index (χ1n) is 6.00. The van der Waals surface area contributed by atoms with Crippen LogP contribution < -0.4 is 5.32 Å². The van der Waals surface area contributed by atoms with Crippen LogP contribution in [0.4, 0.5) is 0 Å². The van der Waals surface area contributed by atoms with E-state index in [4.69, 9.17) is 0 Å². The number of H-pyrrole nitrogens is 1. The molecule has 0 atom stereocenters. The quantitative estimate of drug-likeness (QED) is 0.742. The van der Waals surface area contributed by atoms with E-state index in [2.05, 4.69) is 20.5 Å². The number of nitrogens with one attached hydrogen (secondary N) is 2.